The average molecular weight is 267 g/mol. The molecule has 0 bridgehead atoms. The van der Waals surface area contributed by atoms with Gasteiger partial charge in [-0.25, -0.2) is 0 Å². The fourth-order valence-corrected chi connectivity index (χ4v) is 2.99. The average Bonchev–Trinajstić information content (AvgIpc) is 2.34. The zero-order valence-electron chi connectivity index (χ0n) is 11.4. The summed E-state index contributed by atoms with van der Waals surface area (Å²) in [4.78, 5) is 7.08. The first-order valence-corrected chi connectivity index (χ1v) is 7.39. The van der Waals surface area contributed by atoms with E-state index in [1.54, 1.807) is 0 Å². The van der Waals surface area contributed by atoms with E-state index in [4.69, 9.17) is 11.6 Å². The molecule has 2 unspecified atom stereocenters. The number of hydrogen-bond donors (Lipinski definition) is 0. The summed E-state index contributed by atoms with van der Waals surface area (Å²) in [6.07, 6.45) is 6.91. The normalized spacial score (nSPS) is 22.9. The van der Waals surface area contributed by atoms with E-state index in [0.717, 1.165) is 13.0 Å². The van der Waals surface area contributed by atoms with E-state index >= 15 is 0 Å². The van der Waals surface area contributed by atoms with Crippen molar-refractivity contribution in [1.29, 1.82) is 0 Å². The summed E-state index contributed by atoms with van der Waals surface area (Å²) in [6, 6.07) is 4.78. The molecule has 0 saturated carbocycles. The first kappa shape index (κ1) is 13.8. The number of aromatic nitrogens is 1. The van der Waals surface area contributed by atoms with Crippen LogP contribution in [0.25, 0.3) is 0 Å². The Morgan fingerprint density at radius 1 is 1.50 bits per heavy atom. The first-order valence-electron chi connectivity index (χ1n) is 6.95. The van der Waals surface area contributed by atoms with Crippen LogP contribution in [0.1, 0.15) is 43.9 Å². The molecule has 0 N–H and O–H groups in total. The molecule has 2 rings (SSSR count). The zero-order chi connectivity index (χ0) is 13.0. The molecule has 2 heterocycles. The molecular formula is C15H23ClN2. The first-order chi connectivity index (χ1) is 8.66. The van der Waals surface area contributed by atoms with E-state index in [1.807, 2.05) is 12.3 Å². The number of alkyl halides is 1. The third-order valence-corrected chi connectivity index (χ3v) is 3.99. The summed E-state index contributed by atoms with van der Waals surface area (Å²) in [5.41, 5.74) is 2.51. The van der Waals surface area contributed by atoms with Gasteiger partial charge < -0.3 is 0 Å². The van der Waals surface area contributed by atoms with Crippen molar-refractivity contribution in [3.63, 3.8) is 0 Å². The maximum absolute atomic E-state index is 6.17. The molecule has 18 heavy (non-hydrogen) atoms. The van der Waals surface area contributed by atoms with Crippen LogP contribution in [0, 0.1) is 6.92 Å². The molecule has 1 aromatic heterocycles. The minimum absolute atomic E-state index is 0.264. The second kappa shape index (κ2) is 6.53. The van der Waals surface area contributed by atoms with Crippen molar-refractivity contribution < 1.29 is 0 Å². The van der Waals surface area contributed by atoms with Crippen LogP contribution in [0.15, 0.2) is 18.3 Å². The van der Waals surface area contributed by atoms with Gasteiger partial charge in [0, 0.05) is 24.2 Å². The third-order valence-electron chi connectivity index (χ3n) is 3.82. The lowest BCUT2D eigenvalue weighted by atomic mass is 9.97. The molecule has 1 aliphatic rings. The van der Waals surface area contributed by atoms with E-state index in [1.165, 1.54) is 37.1 Å². The molecule has 1 saturated heterocycles. The predicted molar refractivity (Wildman–Crippen MR) is 77.0 cm³/mol. The number of hydrogen-bond acceptors (Lipinski definition) is 2. The van der Waals surface area contributed by atoms with Crippen LogP contribution in [0.2, 0.25) is 0 Å². The van der Waals surface area contributed by atoms with Gasteiger partial charge in [-0.15, -0.1) is 11.6 Å². The highest BCUT2D eigenvalue weighted by Gasteiger charge is 2.24. The van der Waals surface area contributed by atoms with E-state index < -0.39 is 0 Å². The molecule has 2 atom stereocenters. The Morgan fingerprint density at radius 3 is 3.06 bits per heavy atom. The van der Waals surface area contributed by atoms with Crippen molar-refractivity contribution in [3.8, 4) is 0 Å². The Hall–Kier alpha value is -0.600. The van der Waals surface area contributed by atoms with Gasteiger partial charge in [0.25, 0.3) is 0 Å². The Labute approximate surface area is 115 Å². The number of nitrogens with zero attached hydrogens (tertiary/aromatic N) is 2. The van der Waals surface area contributed by atoms with Gasteiger partial charge in [0.1, 0.15) is 0 Å². The number of piperidine rings is 1. The summed E-state index contributed by atoms with van der Waals surface area (Å²) in [5, 5.41) is 0.264. The lowest BCUT2D eigenvalue weighted by Gasteiger charge is -2.36. The molecule has 0 aromatic carbocycles. The molecule has 3 heteroatoms. The fraction of sp³-hybridized carbons (Fsp3) is 0.667. The Kier molecular flexibility index (Phi) is 5.02. The number of pyridine rings is 1. The van der Waals surface area contributed by atoms with Crippen LogP contribution in [0.5, 0.6) is 0 Å². The SMILES string of the molecule is Cc1cccnc1CN1CCCCC1CC(C)Cl. The summed E-state index contributed by atoms with van der Waals surface area (Å²) in [7, 11) is 0. The summed E-state index contributed by atoms with van der Waals surface area (Å²) in [5.74, 6) is 0. The van der Waals surface area contributed by atoms with Gasteiger partial charge in [0.05, 0.1) is 5.69 Å². The molecule has 0 spiro atoms. The molecule has 1 aliphatic heterocycles. The minimum atomic E-state index is 0.264. The molecular weight excluding hydrogens is 244 g/mol. The molecule has 0 radical (unpaired) electrons. The summed E-state index contributed by atoms with van der Waals surface area (Å²) < 4.78 is 0. The van der Waals surface area contributed by atoms with Crippen LogP contribution in [-0.2, 0) is 6.54 Å². The topological polar surface area (TPSA) is 16.1 Å². The Balaban J connectivity index is 2.03. The summed E-state index contributed by atoms with van der Waals surface area (Å²) in [6.45, 7) is 6.40. The van der Waals surface area contributed by atoms with Crippen LogP contribution in [0.4, 0.5) is 0 Å². The van der Waals surface area contributed by atoms with Gasteiger partial charge in [0.2, 0.25) is 0 Å². The monoisotopic (exact) mass is 266 g/mol. The highest BCUT2D eigenvalue weighted by molar-refractivity contribution is 6.20. The van der Waals surface area contributed by atoms with Crippen LogP contribution in [0.3, 0.4) is 0 Å². The van der Waals surface area contributed by atoms with E-state index in [9.17, 15) is 0 Å². The Morgan fingerprint density at radius 2 is 2.33 bits per heavy atom. The maximum Gasteiger partial charge on any atom is 0.0573 e. The molecule has 2 nitrogen and oxygen atoms in total. The molecule has 0 amide bonds. The predicted octanol–water partition coefficient (Wildman–Crippen LogP) is 3.76. The second-order valence-electron chi connectivity index (χ2n) is 5.40. The molecule has 100 valence electrons. The fourth-order valence-electron chi connectivity index (χ4n) is 2.79. The van der Waals surface area contributed by atoms with Gasteiger partial charge in [-0.1, -0.05) is 12.5 Å². The van der Waals surface area contributed by atoms with Gasteiger partial charge in [-0.05, 0) is 51.3 Å². The number of rotatable bonds is 4. The number of likely N-dealkylation sites (tertiary alicyclic amines) is 1. The smallest absolute Gasteiger partial charge is 0.0573 e. The van der Waals surface area contributed by atoms with Crippen molar-refractivity contribution >= 4 is 11.6 Å². The highest BCUT2D eigenvalue weighted by Crippen LogP contribution is 2.24. The van der Waals surface area contributed by atoms with Crippen molar-refractivity contribution in [3.05, 3.63) is 29.6 Å². The van der Waals surface area contributed by atoms with E-state index in [0.29, 0.717) is 6.04 Å². The standard InChI is InChI=1S/C15H23ClN2/c1-12-6-5-8-17-15(12)11-18-9-4-3-7-14(18)10-13(2)16/h5-6,8,13-14H,3-4,7,9-11H2,1-2H3. The van der Waals surface area contributed by atoms with Crippen LogP contribution >= 0.6 is 11.6 Å². The van der Waals surface area contributed by atoms with Crippen molar-refractivity contribution in [2.75, 3.05) is 6.54 Å². The minimum Gasteiger partial charge on any atom is -0.295 e. The second-order valence-corrected chi connectivity index (χ2v) is 6.15. The summed E-state index contributed by atoms with van der Waals surface area (Å²) >= 11 is 6.17. The van der Waals surface area contributed by atoms with Crippen molar-refractivity contribution in [2.45, 2.75) is 57.5 Å². The quantitative estimate of drug-likeness (QED) is 0.772. The highest BCUT2D eigenvalue weighted by atomic mass is 35.5. The largest absolute Gasteiger partial charge is 0.295 e. The zero-order valence-corrected chi connectivity index (χ0v) is 12.2. The lowest BCUT2D eigenvalue weighted by molar-refractivity contribution is 0.130. The van der Waals surface area contributed by atoms with Crippen molar-refractivity contribution in [1.82, 2.24) is 9.88 Å². The number of halogens is 1. The third kappa shape index (κ3) is 3.69. The molecule has 0 aliphatic carbocycles. The van der Waals surface area contributed by atoms with E-state index in [2.05, 4.69) is 29.8 Å². The van der Waals surface area contributed by atoms with Crippen LogP contribution < -0.4 is 0 Å². The van der Waals surface area contributed by atoms with Gasteiger partial charge >= 0.3 is 0 Å². The van der Waals surface area contributed by atoms with E-state index in [-0.39, 0.29) is 5.38 Å². The lowest BCUT2D eigenvalue weighted by Crippen LogP contribution is -2.40. The number of aryl methyl sites for hydroxylation is 1. The van der Waals surface area contributed by atoms with Gasteiger partial charge in [-0.3, -0.25) is 9.88 Å². The van der Waals surface area contributed by atoms with Gasteiger partial charge in [-0.2, -0.15) is 0 Å². The van der Waals surface area contributed by atoms with Crippen molar-refractivity contribution in [2.24, 2.45) is 0 Å². The van der Waals surface area contributed by atoms with Gasteiger partial charge in [0.15, 0.2) is 0 Å². The van der Waals surface area contributed by atoms with Crippen LogP contribution in [-0.4, -0.2) is 27.8 Å². The molecule has 1 fully saturated rings. The molecule has 1 aromatic rings. The Bertz CT molecular complexity index is 379. The maximum atomic E-state index is 6.17.